The minimum atomic E-state index is -1.54. The van der Waals surface area contributed by atoms with E-state index in [1.54, 1.807) is 20.8 Å². The number of benzene rings is 1. The molecule has 0 radical (unpaired) electrons. The number of carbonyl (C=O) groups is 1. The molecule has 3 heterocycles. The van der Waals surface area contributed by atoms with Gasteiger partial charge in [0, 0.05) is 23.8 Å². The Morgan fingerprint density at radius 3 is 2.40 bits per heavy atom. The summed E-state index contributed by atoms with van der Waals surface area (Å²) in [6, 6.07) is 3.90. The first-order chi connectivity index (χ1) is 19.8. The first-order valence-electron chi connectivity index (χ1n) is 13.7. The summed E-state index contributed by atoms with van der Waals surface area (Å²) in [5.41, 5.74) is -1.88. The summed E-state index contributed by atoms with van der Waals surface area (Å²) in [6.45, 7) is 12.6. The van der Waals surface area contributed by atoms with Gasteiger partial charge in [0.15, 0.2) is 0 Å². The second-order valence-electron chi connectivity index (χ2n) is 11.4. The third-order valence-electron chi connectivity index (χ3n) is 6.84. The predicted molar refractivity (Wildman–Crippen MR) is 159 cm³/mol. The lowest BCUT2D eigenvalue weighted by Gasteiger charge is -2.28. The number of rotatable bonds is 11. The van der Waals surface area contributed by atoms with E-state index in [0.717, 1.165) is 4.57 Å². The van der Waals surface area contributed by atoms with Gasteiger partial charge in [-0.15, -0.1) is 4.80 Å². The molecule has 3 aromatic heterocycles. The van der Waals surface area contributed by atoms with Crippen LogP contribution in [0.5, 0.6) is 5.75 Å². The molecule has 0 bridgehead atoms. The number of nitrogens with one attached hydrogen (secondary N) is 1. The number of fused-ring (bicyclic) bond motifs is 1. The zero-order valence-electron chi connectivity index (χ0n) is 25.1. The van der Waals surface area contributed by atoms with Crippen molar-refractivity contribution >= 4 is 27.5 Å². The van der Waals surface area contributed by atoms with Gasteiger partial charge in [-0.25, -0.2) is 13.8 Å². The fourth-order valence-corrected chi connectivity index (χ4v) is 5.93. The zero-order valence-corrected chi connectivity index (χ0v) is 25.9. The molecule has 13 heteroatoms. The molecule has 0 aliphatic rings. The van der Waals surface area contributed by atoms with Crippen LogP contribution in [0.15, 0.2) is 40.2 Å². The molecule has 0 aliphatic carbocycles. The lowest BCUT2D eigenvalue weighted by molar-refractivity contribution is -0.129. The average Bonchev–Trinajstić information content (AvgIpc) is 3.56. The van der Waals surface area contributed by atoms with Crippen molar-refractivity contribution in [2.24, 2.45) is 5.92 Å². The highest BCUT2D eigenvalue weighted by atomic mass is 32.1. The number of aryl methyl sites for hydroxylation is 1. The average molecular weight is 601 g/mol. The topological polar surface area (TPSA) is 122 Å². The Kier molecular flexibility index (Phi) is 9.02. The van der Waals surface area contributed by atoms with Crippen molar-refractivity contribution in [1.82, 2.24) is 29.4 Å². The maximum Gasteiger partial charge on any atom is 0.333 e. The highest BCUT2D eigenvalue weighted by Crippen LogP contribution is 2.34. The standard InChI is InChI=1S/C29H37FN6O5S/c1-16(2)15-41-22(20-13-19(30)9-10-21(20)40-8)14-34-26-23(18(5)25(42-26)36-31-11-12-32-36)24(37)35(28(34)39)29(6,7)27(38)33-17(3)4/h9-13,16-17,22H,14-15H2,1-8H3,(H,33,38)/t22-/m0/s1. The van der Waals surface area contributed by atoms with Crippen LogP contribution in [-0.4, -0.2) is 49.8 Å². The van der Waals surface area contributed by atoms with E-state index >= 15 is 0 Å². The number of halogens is 1. The van der Waals surface area contributed by atoms with Crippen LogP contribution in [0, 0.1) is 18.7 Å². The Bertz CT molecular complexity index is 1700. The summed E-state index contributed by atoms with van der Waals surface area (Å²) in [7, 11) is 1.47. The van der Waals surface area contributed by atoms with Gasteiger partial charge in [-0.3, -0.25) is 14.2 Å². The SMILES string of the molecule is COc1ccc(F)cc1[C@H](Cn1c(=O)n(C(C)(C)C(=O)NC(C)C)c(=O)c2c(C)c(-n3nccn3)sc21)OCC(C)C. The lowest BCUT2D eigenvalue weighted by atomic mass is 10.0. The predicted octanol–water partition coefficient (Wildman–Crippen LogP) is 3.94. The van der Waals surface area contributed by atoms with Crippen molar-refractivity contribution < 1.29 is 18.7 Å². The van der Waals surface area contributed by atoms with Gasteiger partial charge in [0.05, 0.1) is 31.4 Å². The molecule has 0 aliphatic heterocycles. The van der Waals surface area contributed by atoms with Crippen LogP contribution in [0.4, 0.5) is 4.39 Å². The van der Waals surface area contributed by atoms with Gasteiger partial charge in [-0.2, -0.15) is 10.2 Å². The fourth-order valence-electron chi connectivity index (χ4n) is 4.71. The summed E-state index contributed by atoms with van der Waals surface area (Å²) in [6.07, 6.45) is 2.20. The summed E-state index contributed by atoms with van der Waals surface area (Å²) in [5, 5.41) is 12.1. The molecule has 4 aromatic rings. The molecule has 11 nitrogen and oxygen atoms in total. The highest BCUT2D eigenvalue weighted by Gasteiger charge is 2.36. The Morgan fingerprint density at radius 1 is 1.14 bits per heavy atom. The Labute approximate surface area is 246 Å². The first-order valence-corrected chi connectivity index (χ1v) is 14.5. The number of aromatic nitrogens is 5. The maximum absolute atomic E-state index is 14.5. The van der Waals surface area contributed by atoms with Crippen LogP contribution in [0.25, 0.3) is 15.2 Å². The van der Waals surface area contributed by atoms with E-state index in [1.807, 2.05) is 13.8 Å². The number of hydrogen-bond donors (Lipinski definition) is 1. The van der Waals surface area contributed by atoms with E-state index in [2.05, 4.69) is 15.5 Å². The smallest absolute Gasteiger partial charge is 0.333 e. The molecule has 1 N–H and O–H groups in total. The Balaban J connectivity index is 2.03. The molecular formula is C29H37FN6O5S. The van der Waals surface area contributed by atoms with Crippen LogP contribution in [-0.2, 0) is 21.6 Å². The lowest BCUT2D eigenvalue weighted by Crippen LogP contribution is -2.56. The maximum atomic E-state index is 14.5. The molecule has 4 rings (SSSR count). The van der Waals surface area contributed by atoms with E-state index in [4.69, 9.17) is 9.47 Å². The van der Waals surface area contributed by atoms with Crippen LogP contribution in [0.3, 0.4) is 0 Å². The van der Waals surface area contributed by atoms with Crippen LogP contribution >= 0.6 is 11.3 Å². The molecule has 0 saturated heterocycles. The van der Waals surface area contributed by atoms with E-state index in [-0.39, 0.29) is 23.9 Å². The van der Waals surface area contributed by atoms with Crippen molar-refractivity contribution in [2.45, 2.75) is 72.7 Å². The summed E-state index contributed by atoms with van der Waals surface area (Å²) in [5.74, 6) is -0.443. The van der Waals surface area contributed by atoms with Crippen LogP contribution < -0.4 is 21.3 Å². The first kappa shape index (κ1) is 31.1. The van der Waals surface area contributed by atoms with Gasteiger partial charge in [-0.1, -0.05) is 25.2 Å². The highest BCUT2D eigenvalue weighted by molar-refractivity contribution is 7.21. The van der Waals surface area contributed by atoms with Gasteiger partial charge in [0.1, 0.15) is 33.0 Å². The summed E-state index contributed by atoms with van der Waals surface area (Å²) in [4.78, 5) is 43.5. The van der Waals surface area contributed by atoms with Gasteiger partial charge < -0.3 is 14.8 Å². The molecule has 42 heavy (non-hydrogen) atoms. The number of hydrogen-bond acceptors (Lipinski definition) is 8. The van der Waals surface area contributed by atoms with Crippen molar-refractivity contribution in [2.75, 3.05) is 13.7 Å². The molecule has 0 unspecified atom stereocenters. The number of carbonyl (C=O) groups excluding carboxylic acids is 1. The van der Waals surface area contributed by atoms with E-state index in [1.165, 1.54) is 72.3 Å². The van der Waals surface area contributed by atoms with Crippen molar-refractivity contribution in [3.8, 4) is 10.8 Å². The molecule has 0 spiro atoms. The minimum absolute atomic E-state index is 0.0873. The van der Waals surface area contributed by atoms with Crippen molar-refractivity contribution in [3.63, 3.8) is 0 Å². The molecular weight excluding hydrogens is 563 g/mol. The van der Waals surface area contributed by atoms with Gasteiger partial charge in [0.2, 0.25) is 5.91 Å². The quantitative estimate of drug-likeness (QED) is 0.277. The summed E-state index contributed by atoms with van der Waals surface area (Å²) >= 11 is 1.18. The third-order valence-corrected chi connectivity index (χ3v) is 8.12. The number of methoxy groups -OCH3 is 1. The number of ether oxygens (including phenoxy) is 2. The second-order valence-corrected chi connectivity index (χ2v) is 12.3. The number of nitrogens with zero attached hydrogens (tertiary/aromatic N) is 5. The molecule has 226 valence electrons. The van der Waals surface area contributed by atoms with Crippen molar-refractivity contribution in [3.05, 3.63) is 68.4 Å². The third kappa shape index (κ3) is 5.88. The van der Waals surface area contributed by atoms with Gasteiger partial charge in [0.25, 0.3) is 5.56 Å². The molecule has 1 amide bonds. The van der Waals surface area contributed by atoms with Crippen LogP contribution in [0.1, 0.15) is 58.8 Å². The molecule has 0 fully saturated rings. The molecule has 0 saturated carbocycles. The second kappa shape index (κ2) is 12.2. The number of thiophene rings is 1. The van der Waals surface area contributed by atoms with Crippen molar-refractivity contribution in [1.29, 1.82) is 0 Å². The van der Waals surface area contributed by atoms with E-state index in [0.29, 0.717) is 33.3 Å². The monoisotopic (exact) mass is 600 g/mol. The Hall–Kier alpha value is -3.84. The minimum Gasteiger partial charge on any atom is -0.496 e. The van der Waals surface area contributed by atoms with Gasteiger partial charge >= 0.3 is 5.69 Å². The largest absolute Gasteiger partial charge is 0.496 e. The molecule has 1 atom stereocenters. The molecule has 1 aromatic carbocycles. The normalized spacial score (nSPS) is 12.8. The fraction of sp³-hybridized carbons (Fsp3) is 0.483. The van der Waals surface area contributed by atoms with Gasteiger partial charge in [-0.05, 0) is 58.7 Å². The Morgan fingerprint density at radius 2 is 1.81 bits per heavy atom. The van der Waals surface area contributed by atoms with Crippen LogP contribution in [0.2, 0.25) is 0 Å². The number of amides is 1. The van der Waals surface area contributed by atoms with E-state index < -0.39 is 34.6 Å². The van der Waals surface area contributed by atoms with E-state index in [9.17, 15) is 18.8 Å². The zero-order chi connectivity index (χ0) is 30.9. The summed E-state index contributed by atoms with van der Waals surface area (Å²) < 4.78 is 28.7.